The summed E-state index contributed by atoms with van der Waals surface area (Å²) in [6.45, 7) is 2.45. The molecule has 1 aromatic rings. The van der Waals surface area contributed by atoms with E-state index in [2.05, 4.69) is 10.1 Å². The highest BCUT2D eigenvalue weighted by atomic mass is 19.3. The molecule has 1 saturated heterocycles. The van der Waals surface area contributed by atoms with E-state index in [0.717, 1.165) is 30.9 Å². The van der Waals surface area contributed by atoms with Crippen LogP contribution in [0.4, 0.5) is 8.78 Å². The molecule has 1 aliphatic heterocycles. The second-order valence-electron chi connectivity index (χ2n) is 6.55. The second-order valence-corrected chi connectivity index (χ2v) is 6.55. The number of nitrogens with zero attached hydrogens (tertiary/aromatic N) is 2. The van der Waals surface area contributed by atoms with Crippen LogP contribution in [0.15, 0.2) is 29.3 Å². The van der Waals surface area contributed by atoms with Crippen LogP contribution >= 0.6 is 0 Å². The Labute approximate surface area is 159 Å². The van der Waals surface area contributed by atoms with Gasteiger partial charge in [0.2, 0.25) is 0 Å². The smallest absolute Gasteiger partial charge is 0.387 e. The molecule has 1 aromatic carbocycles. The van der Waals surface area contributed by atoms with E-state index < -0.39 is 6.61 Å². The van der Waals surface area contributed by atoms with Gasteiger partial charge in [0.25, 0.3) is 0 Å². The highest BCUT2D eigenvalue weighted by Gasteiger charge is 2.32. The largest absolute Gasteiger partial charge is 0.435 e. The lowest BCUT2D eigenvalue weighted by Gasteiger charge is -2.35. The average Bonchev–Trinajstić information content (AvgIpc) is 2.67. The fourth-order valence-corrected chi connectivity index (χ4v) is 2.98. The summed E-state index contributed by atoms with van der Waals surface area (Å²) in [7, 11) is 3.66. The van der Waals surface area contributed by atoms with Crippen LogP contribution in [0.3, 0.4) is 0 Å². The molecule has 0 bridgehead atoms. The Bertz CT molecular complexity index is 590. The third kappa shape index (κ3) is 6.62. The molecule has 1 fully saturated rings. The molecule has 0 unspecified atom stereocenters. The Morgan fingerprint density at radius 3 is 2.52 bits per heavy atom. The van der Waals surface area contributed by atoms with E-state index in [1.165, 1.54) is 0 Å². The average molecular weight is 385 g/mol. The summed E-state index contributed by atoms with van der Waals surface area (Å²) in [5.74, 6) is 0.923. The number of guanidine groups is 1. The molecule has 0 aliphatic carbocycles. The number of aliphatic imine (C=N–C) groups is 1. The van der Waals surface area contributed by atoms with Gasteiger partial charge in [-0.2, -0.15) is 8.78 Å². The van der Waals surface area contributed by atoms with E-state index in [-0.39, 0.29) is 11.4 Å². The van der Waals surface area contributed by atoms with Crippen molar-refractivity contribution in [2.24, 2.45) is 4.99 Å². The molecule has 1 N–H and O–H groups in total. The summed E-state index contributed by atoms with van der Waals surface area (Å²) in [6.07, 6.45) is 1.64. The van der Waals surface area contributed by atoms with Crippen LogP contribution in [0.1, 0.15) is 25.3 Å². The molecule has 8 heteroatoms. The molecule has 0 amide bonds. The molecule has 6 nitrogen and oxygen atoms in total. The Hall–Kier alpha value is -1.93. The molecule has 0 radical (unpaired) electrons. The molecule has 0 aromatic heterocycles. The summed E-state index contributed by atoms with van der Waals surface area (Å²) in [6, 6.07) is 6.63. The number of ether oxygens (including phenoxy) is 3. The molecule has 0 saturated carbocycles. The quantitative estimate of drug-likeness (QED) is 0.551. The first-order chi connectivity index (χ1) is 13.0. The zero-order chi connectivity index (χ0) is 19.7. The fourth-order valence-electron chi connectivity index (χ4n) is 2.98. The lowest BCUT2D eigenvalue weighted by molar-refractivity contribution is -0.0829. The zero-order valence-electron chi connectivity index (χ0n) is 16.2. The summed E-state index contributed by atoms with van der Waals surface area (Å²) < 4.78 is 40.0. The van der Waals surface area contributed by atoms with Crippen LogP contribution in [0.5, 0.6) is 5.75 Å². The standard InChI is InChI=1S/C19H29F2N3O3/c1-4-22-18(23-14-19(25-3)9-11-26-12-10-19)24(2)13-15-5-7-16(8-6-15)27-17(20)21/h5-8,17H,4,9-14H2,1-3H3,(H,22,23). The molecule has 1 heterocycles. The lowest BCUT2D eigenvalue weighted by atomic mass is 9.94. The van der Waals surface area contributed by atoms with E-state index >= 15 is 0 Å². The number of hydrogen-bond acceptors (Lipinski definition) is 4. The van der Waals surface area contributed by atoms with Gasteiger partial charge in [-0.15, -0.1) is 0 Å². The van der Waals surface area contributed by atoms with Crippen LogP contribution in [0.2, 0.25) is 0 Å². The maximum atomic E-state index is 12.2. The predicted octanol–water partition coefficient (Wildman–Crippen LogP) is 2.88. The molecule has 1 aliphatic rings. The zero-order valence-corrected chi connectivity index (χ0v) is 16.2. The molecule has 2 rings (SSSR count). The van der Waals surface area contributed by atoms with Gasteiger partial charge in [0.15, 0.2) is 5.96 Å². The molecule has 0 spiro atoms. The van der Waals surface area contributed by atoms with E-state index in [0.29, 0.717) is 26.3 Å². The van der Waals surface area contributed by atoms with Crippen molar-refractivity contribution in [3.8, 4) is 5.75 Å². The minimum atomic E-state index is -2.82. The van der Waals surface area contributed by atoms with E-state index in [9.17, 15) is 8.78 Å². The first-order valence-electron chi connectivity index (χ1n) is 9.14. The van der Waals surface area contributed by atoms with Crippen molar-refractivity contribution in [2.45, 2.75) is 38.5 Å². The summed E-state index contributed by atoms with van der Waals surface area (Å²) >= 11 is 0. The SMILES string of the molecule is CCNC(=NCC1(OC)CCOCC1)N(C)Cc1ccc(OC(F)F)cc1. The fraction of sp³-hybridized carbons (Fsp3) is 0.632. The van der Waals surface area contributed by atoms with Crippen LogP contribution in [0, 0.1) is 0 Å². The van der Waals surface area contributed by atoms with Gasteiger partial charge in [0, 0.05) is 53.3 Å². The Kier molecular flexibility index (Phi) is 8.24. The number of alkyl halides is 2. The second kappa shape index (κ2) is 10.4. The van der Waals surface area contributed by atoms with Crippen molar-refractivity contribution >= 4 is 5.96 Å². The van der Waals surface area contributed by atoms with Crippen molar-refractivity contribution in [1.82, 2.24) is 10.2 Å². The Balaban J connectivity index is 2.01. The van der Waals surface area contributed by atoms with Gasteiger partial charge in [0.05, 0.1) is 12.1 Å². The summed E-state index contributed by atoms with van der Waals surface area (Å²) in [4.78, 5) is 6.76. The lowest BCUT2D eigenvalue weighted by Crippen LogP contribution is -2.44. The van der Waals surface area contributed by atoms with E-state index in [4.69, 9.17) is 14.5 Å². The monoisotopic (exact) mass is 385 g/mol. The van der Waals surface area contributed by atoms with Crippen LogP contribution in [-0.2, 0) is 16.0 Å². The van der Waals surface area contributed by atoms with Crippen LogP contribution in [-0.4, -0.2) is 63.5 Å². The molecule has 152 valence electrons. The molecular weight excluding hydrogens is 356 g/mol. The third-order valence-electron chi connectivity index (χ3n) is 4.62. The van der Waals surface area contributed by atoms with E-state index in [1.807, 2.05) is 18.9 Å². The highest BCUT2D eigenvalue weighted by molar-refractivity contribution is 5.79. The minimum absolute atomic E-state index is 0.151. The maximum absolute atomic E-state index is 12.2. The topological polar surface area (TPSA) is 55.3 Å². The van der Waals surface area contributed by atoms with Gasteiger partial charge in [-0.25, -0.2) is 0 Å². The van der Waals surface area contributed by atoms with Gasteiger partial charge in [-0.05, 0) is 24.6 Å². The normalized spacial score (nSPS) is 17.0. The minimum Gasteiger partial charge on any atom is -0.435 e. The first kappa shape index (κ1) is 21.4. The van der Waals surface area contributed by atoms with Crippen LogP contribution in [0.25, 0.3) is 0 Å². The predicted molar refractivity (Wildman–Crippen MR) is 100 cm³/mol. The van der Waals surface area contributed by atoms with Gasteiger partial charge in [-0.3, -0.25) is 4.99 Å². The molecule has 0 atom stereocenters. The third-order valence-corrected chi connectivity index (χ3v) is 4.62. The van der Waals surface area contributed by atoms with Gasteiger partial charge in [0.1, 0.15) is 5.75 Å². The van der Waals surface area contributed by atoms with Crippen LogP contribution < -0.4 is 10.1 Å². The van der Waals surface area contributed by atoms with Crippen molar-refractivity contribution in [2.75, 3.05) is 40.5 Å². The Morgan fingerprint density at radius 2 is 1.96 bits per heavy atom. The van der Waals surface area contributed by atoms with Crippen molar-refractivity contribution in [3.63, 3.8) is 0 Å². The van der Waals surface area contributed by atoms with E-state index in [1.54, 1.807) is 31.4 Å². The molecular formula is C19H29F2N3O3. The first-order valence-corrected chi connectivity index (χ1v) is 9.14. The molecule has 27 heavy (non-hydrogen) atoms. The van der Waals surface area contributed by atoms with Gasteiger partial charge >= 0.3 is 6.61 Å². The summed E-state index contributed by atoms with van der Waals surface area (Å²) in [5, 5.41) is 3.29. The summed E-state index contributed by atoms with van der Waals surface area (Å²) in [5.41, 5.74) is 0.686. The van der Waals surface area contributed by atoms with Crippen molar-refractivity contribution in [3.05, 3.63) is 29.8 Å². The highest BCUT2D eigenvalue weighted by Crippen LogP contribution is 2.25. The number of halogens is 2. The van der Waals surface area contributed by atoms with Gasteiger partial charge in [-0.1, -0.05) is 12.1 Å². The number of rotatable bonds is 8. The van der Waals surface area contributed by atoms with Crippen molar-refractivity contribution < 1.29 is 23.0 Å². The number of nitrogens with one attached hydrogen (secondary N) is 1. The van der Waals surface area contributed by atoms with Gasteiger partial charge < -0.3 is 24.4 Å². The number of benzene rings is 1. The number of methoxy groups -OCH3 is 1. The maximum Gasteiger partial charge on any atom is 0.387 e. The number of hydrogen-bond donors (Lipinski definition) is 1. The Morgan fingerprint density at radius 1 is 1.30 bits per heavy atom. The van der Waals surface area contributed by atoms with Crippen molar-refractivity contribution in [1.29, 1.82) is 0 Å².